The number of thiazole rings is 1. The lowest BCUT2D eigenvalue weighted by Gasteiger charge is -2.25. The van der Waals surface area contributed by atoms with Gasteiger partial charge in [0, 0.05) is 18.1 Å². The Balaban J connectivity index is 1.58. The number of amides is 1. The molecule has 7 heteroatoms. The van der Waals surface area contributed by atoms with E-state index in [1.165, 1.54) is 36.8 Å². The summed E-state index contributed by atoms with van der Waals surface area (Å²) in [6.45, 7) is 4.97. The van der Waals surface area contributed by atoms with Crippen molar-refractivity contribution in [1.29, 1.82) is 0 Å². The van der Waals surface area contributed by atoms with Crippen molar-refractivity contribution in [1.82, 2.24) is 19.9 Å². The van der Waals surface area contributed by atoms with E-state index < -0.39 is 0 Å². The number of anilines is 1. The number of rotatable bonds is 4. The number of carbonyl (C=O) groups excluding carboxylic acids is 1. The van der Waals surface area contributed by atoms with E-state index in [2.05, 4.69) is 25.2 Å². The average Bonchev–Trinajstić information content (AvgIpc) is 2.96. The predicted molar refractivity (Wildman–Crippen MR) is 86.0 cm³/mol. The number of nitrogens with one attached hydrogen (secondary N) is 1. The number of hydrogen-bond donors (Lipinski definition) is 1. The van der Waals surface area contributed by atoms with E-state index in [-0.39, 0.29) is 5.91 Å². The Morgan fingerprint density at radius 2 is 2.09 bits per heavy atom. The van der Waals surface area contributed by atoms with Crippen LogP contribution in [0, 0.1) is 6.92 Å². The van der Waals surface area contributed by atoms with Crippen molar-refractivity contribution in [3.8, 4) is 0 Å². The summed E-state index contributed by atoms with van der Waals surface area (Å²) in [6, 6.07) is 0. The Labute approximate surface area is 133 Å². The molecule has 0 saturated carbocycles. The molecule has 1 aliphatic heterocycles. The molecule has 22 heavy (non-hydrogen) atoms. The van der Waals surface area contributed by atoms with Gasteiger partial charge in [-0.15, -0.1) is 11.3 Å². The molecule has 0 bridgehead atoms. The lowest BCUT2D eigenvalue weighted by atomic mass is 10.1. The molecule has 0 spiro atoms. The fourth-order valence-corrected chi connectivity index (χ4v) is 3.15. The molecule has 0 aliphatic carbocycles. The van der Waals surface area contributed by atoms with Crippen LogP contribution in [0.15, 0.2) is 17.8 Å². The second-order valence-corrected chi connectivity index (χ2v) is 6.34. The van der Waals surface area contributed by atoms with Crippen LogP contribution in [0.25, 0.3) is 0 Å². The Morgan fingerprint density at radius 3 is 2.82 bits per heavy atom. The molecule has 2 aromatic rings. The largest absolute Gasteiger partial charge is 0.297 e. The third kappa shape index (κ3) is 3.86. The summed E-state index contributed by atoms with van der Waals surface area (Å²) in [7, 11) is 0. The van der Waals surface area contributed by atoms with Gasteiger partial charge in [-0.2, -0.15) is 0 Å². The van der Waals surface area contributed by atoms with Gasteiger partial charge in [0.15, 0.2) is 5.13 Å². The minimum absolute atomic E-state index is 0.272. The summed E-state index contributed by atoms with van der Waals surface area (Å²) in [5.74, 6) is -0.272. The summed E-state index contributed by atoms with van der Waals surface area (Å²) in [6.07, 6.45) is 6.91. The number of nitrogens with zero attached hydrogens (tertiary/aromatic N) is 4. The van der Waals surface area contributed by atoms with Crippen molar-refractivity contribution < 1.29 is 4.79 Å². The fourth-order valence-electron chi connectivity index (χ4n) is 2.45. The molecule has 116 valence electrons. The van der Waals surface area contributed by atoms with Crippen molar-refractivity contribution in [3.05, 3.63) is 34.9 Å². The summed E-state index contributed by atoms with van der Waals surface area (Å²) in [4.78, 5) is 27.1. The maximum atomic E-state index is 12.1. The normalized spacial score (nSPS) is 15.7. The highest BCUT2D eigenvalue weighted by atomic mass is 32.1. The number of piperidine rings is 1. The van der Waals surface area contributed by atoms with Crippen LogP contribution in [0.5, 0.6) is 0 Å². The first kappa shape index (κ1) is 15.1. The highest BCUT2D eigenvalue weighted by Gasteiger charge is 2.14. The zero-order chi connectivity index (χ0) is 15.4. The zero-order valence-electron chi connectivity index (χ0n) is 12.6. The van der Waals surface area contributed by atoms with E-state index in [4.69, 9.17) is 0 Å². The monoisotopic (exact) mass is 317 g/mol. The minimum atomic E-state index is -0.272. The minimum Gasteiger partial charge on any atom is -0.297 e. The summed E-state index contributed by atoms with van der Waals surface area (Å²) in [5, 5.41) is 5.40. The SMILES string of the molecule is Cc1cnc(C(=O)Nc2nc(CN3CCCCC3)cs2)cn1. The zero-order valence-corrected chi connectivity index (χ0v) is 13.4. The van der Waals surface area contributed by atoms with E-state index in [0.29, 0.717) is 10.8 Å². The first-order valence-corrected chi connectivity index (χ1v) is 8.35. The molecule has 1 amide bonds. The van der Waals surface area contributed by atoms with Gasteiger partial charge in [-0.1, -0.05) is 6.42 Å². The van der Waals surface area contributed by atoms with Crippen molar-refractivity contribution in [2.24, 2.45) is 0 Å². The molecule has 0 atom stereocenters. The first-order chi connectivity index (χ1) is 10.7. The van der Waals surface area contributed by atoms with Gasteiger partial charge in [-0.3, -0.25) is 20.0 Å². The molecular weight excluding hydrogens is 298 g/mol. The molecule has 1 saturated heterocycles. The molecular formula is C15H19N5OS. The number of carbonyl (C=O) groups is 1. The Kier molecular flexibility index (Phi) is 4.74. The first-order valence-electron chi connectivity index (χ1n) is 7.47. The van der Waals surface area contributed by atoms with Crippen LogP contribution in [0.1, 0.15) is 41.1 Å². The van der Waals surface area contributed by atoms with Crippen LogP contribution < -0.4 is 5.32 Å². The third-order valence-corrected chi connectivity index (χ3v) is 4.43. The van der Waals surface area contributed by atoms with Gasteiger partial charge in [-0.05, 0) is 32.9 Å². The van der Waals surface area contributed by atoms with Gasteiger partial charge in [0.1, 0.15) is 5.69 Å². The standard InChI is InChI=1S/C15H19N5OS/c1-11-7-17-13(8-16-11)14(21)19-15-18-12(10-22-15)9-20-5-3-2-4-6-20/h7-8,10H,2-6,9H2,1H3,(H,18,19,21). The van der Waals surface area contributed by atoms with Crippen molar-refractivity contribution in [3.63, 3.8) is 0 Å². The Bertz CT molecular complexity index is 634. The lowest BCUT2D eigenvalue weighted by molar-refractivity contribution is 0.102. The molecule has 2 aromatic heterocycles. The van der Waals surface area contributed by atoms with Crippen LogP contribution in [0.3, 0.4) is 0 Å². The molecule has 0 radical (unpaired) electrons. The summed E-state index contributed by atoms with van der Waals surface area (Å²) >= 11 is 1.45. The maximum Gasteiger partial charge on any atom is 0.277 e. The molecule has 3 heterocycles. The van der Waals surface area contributed by atoms with Crippen LogP contribution >= 0.6 is 11.3 Å². The van der Waals surface area contributed by atoms with Gasteiger partial charge < -0.3 is 0 Å². The van der Waals surface area contributed by atoms with Crippen molar-refractivity contribution in [2.45, 2.75) is 32.7 Å². The molecule has 3 rings (SSSR count). The molecule has 1 fully saturated rings. The van der Waals surface area contributed by atoms with Crippen molar-refractivity contribution in [2.75, 3.05) is 18.4 Å². The number of hydrogen-bond acceptors (Lipinski definition) is 6. The summed E-state index contributed by atoms with van der Waals surface area (Å²) in [5.41, 5.74) is 2.10. The van der Waals surface area contributed by atoms with Crippen LogP contribution in [-0.2, 0) is 6.54 Å². The molecule has 6 nitrogen and oxygen atoms in total. The summed E-state index contributed by atoms with van der Waals surface area (Å²) < 4.78 is 0. The average molecular weight is 317 g/mol. The van der Waals surface area contributed by atoms with E-state index in [1.807, 2.05) is 12.3 Å². The molecule has 0 unspecified atom stereocenters. The topological polar surface area (TPSA) is 71.0 Å². The highest BCUT2D eigenvalue weighted by Crippen LogP contribution is 2.19. The number of aromatic nitrogens is 3. The fraction of sp³-hybridized carbons (Fsp3) is 0.467. The second-order valence-electron chi connectivity index (χ2n) is 5.48. The van der Waals surface area contributed by atoms with Gasteiger partial charge in [-0.25, -0.2) is 9.97 Å². The number of likely N-dealkylation sites (tertiary alicyclic amines) is 1. The maximum absolute atomic E-state index is 12.1. The quantitative estimate of drug-likeness (QED) is 0.938. The van der Waals surface area contributed by atoms with Crippen LogP contribution in [0.4, 0.5) is 5.13 Å². The van der Waals surface area contributed by atoms with E-state index >= 15 is 0 Å². The lowest BCUT2D eigenvalue weighted by Crippen LogP contribution is -2.29. The van der Waals surface area contributed by atoms with Gasteiger partial charge in [0.05, 0.1) is 17.6 Å². The van der Waals surface area contributed by atoms with Crippen LogP contribution in [-0.4, -0.2) is 38.8 Å². The van der Waals surface area contributed by atoms with Crippen molar-refractivity contribution >= 4 is 22.4 Å². The molecule has 1 aliphatic rings. The highest BCUT2D eigenvalue weighted by molar-refractivity contribution is 7.13. The molecule has 1 N–H and O–H groups in total. The van der Waals surface area contributed by atoms with Gasteiger partial charge >= 0.3 is 0 Å². The van der Waals surface area contributed by atoms with Crippen LogP contribution in [0.2, 0.25) is 0 Å². The van der Waals surface area contributed by atoms with Gasteiger partial charge in [0.25, 0.3) is 5.91 Å². The number of aryl methyl sites for hydroxylation is 1. The Hall–Kier alpha value is -1.86. The van der Waals surface area contributed by atoms with E-state index in [9.17, 15) is 4.79 Å². The van der Waals surface area contributed by atoms with Gasteiger partial charge in [0.2, 0.25) is 0 Å². The smallest absolute Gasteiger partial charge is 0.277 e. The Morgan fingerprint density at radius 1 is 1.27 bits per heavy atom. The third-order valence-electron chi connectivity index (χ3n) is 3.62. The predicted octanol–water partition coefficient (Wildman–Crippen LogP) is 2.48. The van der Waals surface area contributed by atoms with E-state index in [0.717, 1.165) is 31.0 Å². The van der Waals surface area contributed by atoms with E-state index in [1.54, 1.807) is 6.20 Å². The second kappa shape index (κ2) is 6.93. The molecule has 0 aromatic carbocycles.